The lowest BCUT2D eigenvalue weighted by molar-refractivity contribution is 0.258. The maximum absolute atomic E-state index is 6.07. The molecule has 2 nitrogen and oxygen atoms in total. The SMILES string of the molecule is c1ccc2c(c1)C1CCC2c2c(OCC3CO3)cccc21. The Labute approximate surface area is 124 Å². The zero-order valence-electron chi connectivity index (χ0n) is 11.9. The molecule has 3 aliphatic carbocycles. The van der Waals surface area contributed by atoms with Crippen LogP contribution < -0.4 is 4.74 Å². The summed E-state index contributed by atoms with van der Waals surface area (Å²) in [6, 6.07) is 15.5. The normalized spacial score (nSPS) is 27.9. The summed E-state index contributed by atoms with van der Waals surface area (Å²) < 4.78 is 11.3. The van der Waals surface area contributed by atoms with Gasteiger partial charge in [0.1, 0.15) is 18.5 Å². The molecule has 6 rings (SSSR count). The van der Waals surface area contributed by atoms with Gasteiger partial charge in [0, 0.05) is 17.4 Å². The lowest BCUT2D eigenvalue weighted by atomic mass is 9.64. The van der Waals surface area contributed by atoms with Crippen LogP contribution in [0.25, 0.3) is 0 Å². The number of rotatable bonds is 3. The second-order valence-corrected chi connectivity index (χ2v) is 6.34. The maximum Gasteiger partial charge on any atom is 0.123 e. The van der Waals surface area contributed by atoms with E-state index in [0.29, 0.717) is 24.5 Å². The largest absolute Gasteiger partial charge is 0.490 e. The number of hydrogen-bond acceptors (Lipinski definition) is 2. The second-order valence-electron chi connectivity index (χ2n) is 6.34. The first-order valence-corrected chi connectivity index (χ1v) is 7.88. The molecule has 0 amide bonds. The molecule has 21 heavy (non-hydrogen) atoms. The smallest absolute Gasteiger partial charge is 0.123 e. The summed E-state index contributed by atoms with van der Waals surface area (Å²) in [5.41, 5.74) is 5.97. The molecule has 0 spiro atoms. The van der Waals surface area contributed by atoms with Gasteiger partial charge in [0.2, 0.25) is 0 Å². The van der Waals surface area contributed by atoms with Crippen molar-refractivity contribution in [3.8, 4) is 5.75 Å². The van der Waals surface area contributed by atoms with Crippen molar-refractivity contribution >= 4 is 0 Å². The van der Waals surface area contributed by atoms with Crippen LogP contribution in [0.1, 0.15) is 46.9 Å². The molecule has 3 atom stereocenters. The first-order valence-electron chi connectivity index (χ1n) is 7.88. The average molecular weight is 278 g/mol. The van der Waals surface area contributed by atoms with Crippen LogP contribution in [0.4, 0.5) is 0 Å². The summed E-state index contributed by atoms with van der Waals surface area (Å²) in [5.74, 6) is 2.15. The second kappa shape index (κ2) is 4.35. The highest BCUT2D eigenvalue weighted by atomic mass is 16.6. The Bertz CT molecular complexity index is 702. The highest BCUT2D eigenvalue weighted by Crippen LogP contribution is 2.55. The third-order valence-corrected chi connectivity index (χ3v) is 5.14. The molecule has 1 fully saturated rings. The summed E-state index contributed by atoms with van der Waals surface area (Å²) in [6.07, 6.45) is 2.83. The predicted molar refractivity (Wildman–Crippen MR) is 81.0 cm³/mol. The monoisotopic (exact) mass is 278 g/mol. The van der Waals surface area contributed by atoms with Crippen LogP contribution in [0.3, 0.4) is 0 Å². The van der Waals surface area contributed by atoms with E-state index in [1.165, 1.54) is 35.1 Å². The molecule has 0 saturated carbocycles. The molecule has 4 aliphatic rings. The van der Waals surface area contributed by atoms with E-state index >= 15 is 0 Å². The van der Waals surface area contributed by atoms with Crippen molar-refractivity contribution in [1.82, 2.24) is 0 Å². The van der Waals surface area contributed by atoms with Crippen molar-refractivity contribution in [3.63, 3.8) is 0 Å². The third kappa shape index (κ3) is 1.75. The van der Waals surface area contributed by atoms with Gasteiger partial charge in [-0.05, 0) is 35.6 Å². The minimum Gasteiger partial charge on any atom is -0.490 e. The van der Waals surface area contributed by atoms with Gasteiger partial charge in [-0.3, -0.25) is 0 Å². The van der Waals surface area contributed by atoms with Crippen molar-refractivity contribution in [3.05, 3.63) is 64.7 Å². The summed E-state index contributed by atoms with van der Waals surface area (Å²) in [4.78, 5) is 0. The summed E-state index contributed by atoms with van der Waals surface area (Å²) in [5, 5.41) is 0. The molecule has 0 radical (unpaired) electrons. The molecule has 0 aromatic heterocycles. The average Bonchev–Trinajstić information content (AvgIpc) is 3.38. The van der Waals surface area contributed by atoms with E-state index < -0.39 is 0 Å². The van der Waals surface area contributed by atoms with Crippen molar-refractivity contribution in [1.29, 1.82) is 0 Å². The maximum atomic E-state index is 6.07. The van der Waals surface area contributed by atoms with Crippen molar-refractivity contribution in [2.24, 2.45) is 0 Å². The minimum atomic E-state index is 0.314. The molecule has 1 saturated heterocycles. The zero-order chi connectivity index (χ0) is 13.8. The third-order valence-electron chi connectivity index (χ3n) is 5.14. The van der Waals surface area contributed by atoms with E-state index in [9.17, 15) is 0 Å². The quantitative estimate of drug-likeness (QED) is 0.796. The Morgan fingerprint density at radius 2 is 1.62 bits per heavy atom. The van der Waals surface area contributed by atoms with Crippen LogP contribution in [-0.4, -0.2) is 19.3 Å². The summed E-state index contributed by atoms with van der Waals surface area (Å²) in [6.45, 7) is 1.54. The molecule has 2 bridgehead atoms. The molecular weight excluding hydrogens is 260 g/mol. The van der Waals surface area contributed by atoms with Gasteiger partial charge in [0.25, 0.3) is 0 Å². The summed E-state index contributed by atoms with van der Waals surface area (Å²) >= 11 is 0. The molecule has 106 valence electrons. The van der Waals surface area contributed by atoms with Gasteiger partial charge in [-0.2, -0.15) is 0 Å². The highest BCUT2D eigenvalue weighted by Gasteiger charge is 2.39. The number of benzene rings is 2. The van der Waals surface area contributed by atoms with Crippen LogP contribution in [0.15, 0.2) is 42.5 Å². The van der Waals surface area contributed by atoms with Gasteiger partial charge in [-0.1, -0.05) is 36.4 Å². The van der Waals surface area contributed by atoms with E-state index in [4.69, 9.17) is 9.47 Å². The first-order chi connectivity index (χ1) is 10.4. The van der Waals surface area contributed by atoms with E-state index in [0.717, 1.165) is 12.4 Å². The summed E-state index contributed by atoms with van der Waals surface area (Å²) in [7, 11) is 0. The first kappa shape index (κ1) is 11.8. The minimum absolute atomic E-state index is 0.314. The number of epoxide rings is 1. The van der Waals surface area contributed by atoms with E-state index in [-0.39, 0.29) is 0 Å². The Morgan fingerprint density at radius 3 is 2.43 bits per heavy atom. The van der Waals surface area contributed by atoms with Crippen molar-refractivity contribution in [2.45, 2.75) is 30.8 Å². The topological polar surface area (TPSA) is 21.8 Å². The number of fused-ring (bicyclic) bond motifs is 1. The van der Waals surface area contributed by atoms with Crippen molar-refractivity contribution in [2.75, 3.05) is 13.2 Å². The molecule has 1 heterocycles. The molecule has 1 aliphatic heterocycles. The Morgan fingerprint density at radius 1 is 0.905 bits per heavy atom. The molecule has 0 N–H and O–H groups in total. The molecule has 2 aromatic carbocycles. The lowest BCUT2D eigenvalue weighted by Gasteiger charge is -2.41. The van der Waals surface area contributed by atoms with Crippen LogP contribution in [0.5, 0.6) is 5.75 Å². The number of ether oxygens (including phenoxy) is 2. The lowest BCUT2D eigenvalue weighted by Crippen LogP contribution is -2.25. The standard InChI is InChI=1S/C19H18O2/c1-2-5-14-13(4-1)15-8-9-17(14)19-16(15)6-3-7-18(19)21-11-12-10-20-12/h1-7,12,15,17H,8-11H2. The molecule has 2 aromatic rings. The Hall–Kier alpha value is -1.80. The van der Waals surface area contributed by atoms with Crippen LogP contribution >= 0.6 is 0 Å². The molecular formula is C19H18O2. The van der Waals surface area contributed by atoms with Gasteiger partial charge in [0.15, 0.2) is 0 Å². The van der Waals surface area contributed by atoms with Gasteiger partial charge in [-0.15, -0.1) is 0 Å². The Kier molecular flexibility index (Phi) is 2.45. The van der Waals surface area contributed by atoms with Crippen LogP contribution in [0.2, 0.25) is 0 Å². The van der Waals surface area contributed by atoms with Gasteiger partial charge in [-0.25, -0.2) is 0 Å². The van der Waals surface area contributed by atoms with E-state index in [2.05, 4.69) is 42.5 Å². The molecule has 2 heteroatoms. The van der Waals surface area contributed by atoms with Crippen LogP contribution in [0, 0.1) is 0 Å². The van der Waals surface area contributed by atoms with Crippen molar-refractivity contribution < 1.29 is 9.47 Å². The fraction of sp³-hybridized carbons (Fsp3) is 0.368. The Balaban J connectivity index is 1.61. The van der Waals surface area contributed by atoms with Gasteiger partial charge < -0.3 is 9.47 Å². The fourth-order valence-electron chi connectivity index (χ4n) is 4.12. The fourth-order valence-corrected chi connectivity index (χ4v) is 4.12. The molecule has 3 unspecified atom stereocenters. The highest BCUT2D eigenvalue weighted by molar-refractivity contribution is 5.59. The number of hydrogen-bond donors (Lipinski definition) is 0. The zero-order valence-corrected chi connectivity index (χ0v) is 11.9. The van der Waals surface area contributed by atoms with E-state index in [1.807, 2.05) is 0 Å². The van der Waals surface area contributed by atoms with Gasteiger partial charge in [0.05, 0.1) is 6.61 Å². The van der Waals surface area contributed by atoms with E-state index in [1.54, 1.807) is 0 Å². The predicted octanol–water partition coefficient (Wildman–Crippen LogP) is 3.84. The van der Waals surface area contributed by atoms with Gasteiger partial charge >= 0.3 is 0 Å². The van der Waals surface area contributed by atoms with Crippen LogP contribution in [-0.2, 0) is 4.74 Å².